The van der Waals surface area contributed by atoms with Crippen molar-refractivity contribution in [1.29, 1.82) is 0 Å². The summed E-state index contributed by atoms with van der Waals surface area (Å²) in [6, 6.07) is 6.05. The summed E-state index contributed by atoms with van der Waals surface area (Å²) in [5.41, 5.74) is -0.580. The molecule has 31 heavy (non-hydrogen) atoms. The monoisotopic (exact) mass is 462 g/mol. The van der Waals surface area contributed by atoms with Crippen molar-refractivity contribution in [2.24, 2.45) is 0 Å². The number of carbonyl (C=O) groups excluding carboxylic acids is 1. The standard InChI is InChI=1S/C19H16F6N4OS/c20-18(21,22)14-10-31-16(27-14)11-5-7-28(8-6-11)15(30)9-29-13-4-2-1-3-12(13)26-17(29)19(23,24)25/h1-4,10-11H,5-9H2. The summed E-state index contributed by atoms with van der Waals surface area (Å²) in [6.45, 7) is -0.0493. The molecule has 0 radical (unpaired) electrons. The summed E-state index contributed by atoms with van der Waals surface area (Å²) in [4.78, 5) is 21.4. The van der Waals surface area contributed by atoms with Crippen molar-refractivity contribution < 1.29 is 31.1 Å². The highest BCUT2D eigenvalue weighted by atomic mass is 32.1. The Morgan fingerprint density at radius 1 is 1.03 bits per heavy atom. The molecule has 1 saturated heterocycles. The Morgan fingerprint density at radius 3 is 2.32 bits per heavy atom. The number of halogens is 6. The number of piperidine rings is 1. The highest BCUT2D eigenvalue weighted by Crippen LogP contribution is 2.36. The van der Waals surface area contributed by atoms with Gasteiger partial charge in [-0.15, -0.1) is 11.3 Å². The topological polar surface area (TPSA) is 51.0 Å². The Labute approximate surface area is 176 Å². The van der Waals surface area contributed by atoms with E-state index in [4.69, 9.17) is 0 Å². The van der Waals surface area contributed by atoms with Gasteiger partial charge in [0, 0.05) is 24.4 Å². The molecule has 1 aromatic carbocycles. The minimum Gasteiger partial charge on any atom is -0.341 e. The molecule has 0 atom stereocenters. The van der Waals surface area contributed by atoms with Crippen molar-refractivity contribution in [2.45, 2.75) is 37.7 Å². The number of thiazole rings is 1. The maximum atomic E-state index is 13.4. The molecule has 1 fully saturated rings. The van der Waals surface area contributed by atoms with Gasteiger partial charge in [0.05, 0.1) is 16.0 Å². The summed E-state index contributed by atoms with van der Waals surface area (Å²) in [5.74, 6) is -1.86. The number of imidazole rings is 1. The molecule has 3 aromatic rings. The van der Waals surface area contributed by atoms with Crippen LogP contribution in [0.1, 0.15) is 35.3 Å². The Morgan fingerprint density at radius 2 is 1.71 bits per heavy atom. The average molecular weight is 462 g/mol. The Balaban J connectivity index is 1.46. The fraction of sp³-hybridized carbons (Fsp3) is 0.421. The smallest absolute Gasteiger partial charge is 0.341 e. The molecule has 0 unspecified atom stereocenters. The first-order valence-electron chi connectivity index (χ1n) is 9.37. The number of carbonyl (C=O) groups is 1. The van der Waals surface area contributed by atoms with E-state index in [0.29, 0.717) is 17.8 Å². The number of alkyl halides is 6. The highest BCUT2D eigenvalue weighted by Gasteiger charge is 2.39. The molecule has 0 saturated carbocycles. The molecule has 0 spiro atoms. The third-order valence-electron chi connectivity index (χ3n) is 5.21. The van der Waals surface area contributed by atoms with Gasteiger partial charge in [-0.2, -0.15) is 26.3 Å². The average Bonchev–Trinajstić information content (AvgIpc) is 3.33. The number of rotatable bonds is 3. The van der Waals surface area contributed by atoms with E-state index in [0.717, 1.165) is 21.3 Å². The Hall–Kier alpha value is -2.63. The van der Waals surface area contributed by atoms with Crippen LogP contribution in [-0.2, 0) is 23.7 Å². The molecule has 1 aliphatic rings. The molecule has 5 nitrogen and oxygen atoms in total. The van der Waals surface area contributed by atoms with Crippen molar-refractivity contribution in [1.82, 2.24) is 19.4 Å². The summed E-state index contributed by atoms with van der Waals surface area (Å²) < 4.78 is 79.3. The number of likely N-dealkylation sites (tertiary alicyclic amines) is 1. The number of hydrogen-bond acceptors (Lipinski definition) is 4. The molecule has 166 valence electrons. The molecule has 1 aliphatic heterocycles. The molecule has 12 heteroatoms. The van der Waals surface area contributed by atoms with Gasteiger partial charge in [-0.3, -0.25) is 4.79 Å². The van der Waals surface area contributed by atoms with E-state index >= 15 is 0 Å². The molecule has 4 rings (SSSR count). The number of hydrogen-bond donors (Lipinski definition) is 0. The van der Waals surface area contributed by atoms with Gasteiger partial charge in [0.2, 0.25) is 11.7 Å². The second kappa shape index (κ2) is 7.81. The second-order valence-corrected chi connectivity index (χ2v) is 8.12. The van der Waals surface area contributed by atoms with Crippen molar-refractivity contribution in [3.05, 3.63) is 46.2 Å². The molecule has 3 heterocycles. The lowest BCUT2D eigenvalue weighted by atomic mass is 9.97. The Kier molecular flexibility index (Phi) is 5.44. The van der Waals surface area contributed by atoms with E-state index in [-0.39, 0.29) is 30.0 Å². The molecule has 1 amide bonds. The van der Waals surface area contributed by atoms with Crippen molar-refractivity contribution in [2.75, 3.05) is 13.1 Å². The van der Waals surface area contributed by atoms with Crippen LogP contribution in [0.5, 0.6) is 0 Å². The first kappa shape index (κ1) is 21.6. The van der Waals surface area contributed by atoms with Crippen molar-refractivity contribution in [3.8, 4) is 0 Å². The number of benzene rings is 1. The fourth-order valence-corrected chi connectivity index (χ4v) is 4.67. The maximum absolute atomic E-state index is 13.4. The highest BCUT2D eigenvalue weighted by molar-refractivity contribution is 7.09. The predicted molar refractivity (Wildman–Crippen MR) is 100 cm³/mol. The van der Waals surface area contributed by atoms with Crippen LogP contribution in [0.15, 0.2) is 29.6 Å². The van der Waals surface area contributed by atoms with Gasteiger partial charge in [0.15, 0.2) is 5.69 Å². The van der Waals surface area contributed by atoms with Gasteiger partial charge >= 0.3 is 12.4 Å². The van der Waals surface area contributed by atoms with Crippen LogP contribution in [0.2, 0.25) is 0 Å². The van der Waals surface area contributed by atoms with Crippen molar-refractivity contribution in [3.63, 3.8) is 0 Å². The third-order valence-corrected chi connectivity index (χ3v) is 6.22. The van der Waals surface area contributed by atoms with Gasteiger partial charge in [-0.05, 0) is 25.0 Å². The predicted octanol–water partition coefficient (Wildman–Crippen LogP) is 4.94. The number of fused-ring (bicyclic) bond motifs is 1. The zero-order valence-corrected chi connectivity index (χ0v) is 16.7. The molecular weight excluding hydrogens is 446 g/mol. The third kappa shape index (κ3) is 4.39. The van der Waals surface area contributed by atoms with Gasteiger partial charge in [0.1, 0.15) is 6.54 Å². The molecule has 2 aromatic heterocycles. The number of aromatic nitrogens is 3. The largest absolute Gasteiger partial charge is 0.449 e. The minimum atomic E-state index is -4.71. The second-order valence-electron chi connectivity index (χ2n) is 7.23. The first-order valence-corrected chi connectivity index (χ1v) is 10.2. The summed E-state index contributed by atoms with van der Waals surface area (Å²) in [5, 5.41) is 1.33. The van der Waals surface area contributed by atoms with E-state index in [1.165, 1.54) is 17.0 Å². The van der Waals surface area contributed by atoms with Gasteiger partial charge in [-0.25, -0.2) is 9.97 Å². The van der Waals surface area contributed by atoms with Crippen LogP contribution in [0.3, 0.4) is 0 Å². The van der Waals surface area contributed by atoms with Crippen LogP contribution in [0.25, 0.3) is 11.0 Å². The van der Waals surface area contributed by atoms with E-state index in [9.17, 15) is 31.1 Å². The van der Waals surface area contributed by atoms with E-state index in [1.54, 1.807) is 12.1 Å². The van der Waals surface area contributed by atoms with E-state index in [1.807, 2.05) is 0 Å². The molecule has 0 aliphatic carbocycles. The summed E-state index contributed by atoms with van der Waals surface area (Å²) in [7, 11) is 0. The zero-order chi connectivity index (χ0) is 22.4. The lowest BCUT2D eigenvalue weighted by molar-refractivity contribution is -0.148. The van der Waals surface area contributed by atoms with Gasteiger partial charge in [0.25, 0.3) is 0 Å². The maximum Gasteiger partial charge on any atom is 0.449 e. The SMILES string of the molecule is O=C(Cn1c(C(F)(F)F)nc2ccccc21)N1CCC(c2nc(C(F)(F)F)cs2)CC1. The quantitative estimate of drug-likeness (QED) is 0.519. The fourth-order valence-electron chi connectivity index (χ4n) is 3.67. The first-order chi connectivity index (χ1) is 14.5. The van der Waals surface area contributed by atoms with Crippen LogP contribution in [-0.4, -0.2) is 38.4 Å². The van der Waals surface area contributed by atoms with Crippen LogP contribution in [0.4, 0.5) is 26.3 Å². The normalized spacial score (nSPS) is 16.3. The van der Waals surface area contributed by atoms with Crippen LogP contribution in [0, 0.1) is 0 Å². The summed E-state index contributed by atoms with van der Waals surface area (Å²) in [6.07, 6.45) is -8.43. The van der Waals surface area contributed by atoms with E-state index in [2.05, 4.69) is 9.97 Å². The number of amides is 1. The van der Waals surface area contributed by atoms with Gasteiger partial charge < -0.3 is 9.47 Å². The summed E-state index contributed by atoms with van der Waals surface area (Å²) >= 11 is 0.931. The van der Waals surface area contributed by atoms with E-state index < -0.39 is 36.3 Å². The number of nitrogens with zero attached hydrogens (tertiary/aromatic N) is 4. The van der Waals surface area contributed by atoms with Crippen LogP contribution < -0.4 is 0 Å². The lowest BCUT2D eigenvalue weighted by Gasteiger charge is -2.31. The van der Waals surface area contributed by atoms with Crippen LogP contribution >= 0.6 is 11.3 Å². The molecular formula is C19H16F6N4OS. The lowest BCUT2D eigenvalue weighted by Crippen LogP contribution is -2.40. The zero-order valence-electron chi connectivity index (χ0n) is 15.9. The molecule has 0 bridgehead atoms. The number of para-hydroxylation sites is 2. The minimum absolute atomic E-state index is 0.144. The van der Waals surface area contributed by atoms with Crippen molar-refractivity contribution >= 4 is 28.3 Å². The van der Waals surface area contributed by atoms with Gasteiger partial charge in [-0.1, -0.05) is 12.1 Å². The molecule has 0 N–H and O–H groups in total. The Bertz CT molecular complexity index is 1090.